The summed E-state index contributed by atoms with van der Waals surface area (Å²) in [6, 6.07) is 10.9. The smallest absolute Gasteiger partial charge is 0.119 e. The SMILES string of the molecule is COc1cccc(CCNC2CCc3sc(Cl)cc32)c1. The molecule has 0 radical (unpaired) electrons. The first kappa shape index (κ1) is 13.9. The Bertz CT molecular complexity index is 596. The van der Waals surface area contributed by atoms with Crippen molar-refractivity contribution in [3.05, 3.63) is 50.7 Å². The van der Waals surface area contributed by atoms with Crippen molar-refractivity contribution in [1.29, 1.82) is 0 Å². The normalized spacial score (nSPS) is 17.2. The average Bonchev–Trinajstić information content (AvgIpc) is 2.99. The van der Waals surface area contributed by atoms with Gasteiger partial charge in [-0.3, -0.25) is 0 Å². The lowest BCUT2D eigenvalue weighted by Gasteiger charge is -2.13. The topological polar surface area (TPSA) is 21.3 Å². The number of hydrogen-bond acceptors (Lipinski definition) is 3. The molecule has 1 N–H and O–H groups in total. The summed E-state index contributed by atoms with van der Waals surface area (Å²) in [5.74, 6) is 0.926. The van der Waals surface area contributed by atoms with Gasteiger partial charge in [-0.15, -0.1) is 11.3 Å². The van der Waals surface area contributed by atoms with Gasteiger partial charge in [0, 0.05) is 10.9 Å². The first-order valence-electron chi connectivity index (χ1n) is 6.90. The van der Waals surface area contributed by atoms with E-state index in [1.807, 2.05) is 12.1 Å². The predicted molar refractivity (Wildman–Crippen MR) is 85.1 cm³/mol. The van der Waals surface area contributed by atoms with Gasteiger partial charge in [-0.1, -0.05) is 23.7 Å². The molecule has 1 atom stereocenters. The van der Waals surface area contributed by atoms with Crippen LogP contribution in [0.25, 0.3) is 0 Å². The van der Waals surface area contributed by atoms with Crippen molar-refractivity contribution >= 4 is 22.9 Å². The summed E-state index contributed by atoms with van der Waals surface area (Å²) in [6.45, 7) is 0.977. The van der Waals surface area contributed by atoms with E-state index in [2.05, 4.69) is 23.5 Å². The molecule has 0 spiro atoms. The second-order valence-corrected chi connectivity index (χ2v) is 6.84. The molecule has 1 heterocycles. The lowest BCUT2D eigenvalue weighted by molar-refractivity contribution is 0.414. The van der Waals surface area contributed by atoms with Crippen LogP contribution in [0.5, 0.6) is 5.75 Å². The molecule has 0 saturated heterocycles. The number of aryl methyl sites for hydroxylation is 1. The third-order valence-corrected chi connectivity index (χ3v) is 5.13. The molecule has 4 heteroatoms. The van der Waals surface area contributed by atoms with E-state index in [4.69, 9.17) is 16.3 Å². The van der Waals surface area contributed by atoms with Crippen molar-refractivity contribution in [2.45, 2.75) is 25.3 Å². The maximum atomic E-state index is 6.08. The molecule has 1 aromatic heterocycles. The Morgan fingerprint density at radius 1 is 1.40 bits per heavy atom. The van der Waals surface area contributed by atoms with Crippen molar-refractivity contribution in [1.82, 2.24) is 5.32 Å². The number of fused-ring (bicyclic) bond motifs is 1. The van der Waals surface area contributed by atoms with Crippen molar-refractivity contribution in [2.75, 3.05) is 13.7 Å². The number of halogens is 1. The molecular weight excluding hydrogens is 290 g/mol. The van der Waals surface area contributed by atoms with Crippen LogP contribution in [0.3, 0.4) is 0 Å². The van der Waals surface area contributed by atoms with Gasteiger partial charge in [0.05, 0.1) is 11.4 Å². The minimum Gasteiger partial charge on any atom is -0.497 e. The van der Waals surface area contributed by atoms with Crippen LogP contribution in [0.1, 0.15) is 28.5 Å². The minimum atomic E-state index is 0.472. The van der Waals surface area contributed by atoms with Crippen molar-refractivity contribution in [2.24, 2.45) is 0 Å². The molecule has 0 fully saturated rings. The zero-order chi connectivity index (χ0) is 13.9. The largest absolute Gasteiger partial charge is 0.497 e. The molecule has 1 unspecified atom stereocenters. The van der Waals surface area contributed by atoms with Gasteiger partial charge in [0.1, 0.15) is 5.75 Å². The molecule has 20 heavy (non-hydrogen) atoms. The van der Waals surface area contributed by atoms with Crippen molar-refractivity contribution in [3.63, 3.8) is 0 Å². The van der Waals surface area contributed by atoms with Crippen LogP contribution in [-0.4, -0.2) is 13.7 Å². The van der Waals surface area contributed by atoms with Gasteiger partial charge in [0.25, 0.3) is 0 Å². The highest BCUT2D eigenvalue weighted by molar-refractivity contribution is 7.16. The fraction of sp³-hybridized carbons (Fsp3) is 0.375. The second-order valence-electron chi connectivity index (χ2n) is 5.08. The number of benzene rings is 1. The number of hydrogen-bond donors (Lipinski definition) is 1. The van der Waals surface area contributed by atoms with Crippen LogP contribution in [0.15, 0.2) is 30.3 Å². The maximum absolute atomic E-state index is 6.08. The fourth-order valence-corrected chi connectivity index (χ4v) is 4.12. The Kier molecular flexibility index (Phi) is 4.29. The summed E-state index contributed by atoms with van der Waals surface area (Å²) in [5, 5.41) is 3.64. The summed E-state index contributed by atoms with van der Waals surface area (Å²) in [5.41, 5.74) is 2.71. The third-order valence-electron chi connectivity index (χ3n) is 3.79. The molecule has 1 aliphatic carbocycles. The van der Waals surface area contributed by atoms with Gasteiger partial charge in [-0.25, -0.2) is 0 Å². The van der Waals surface area contributed by atoms with Crippen LogP contribution >= 0.6 is 22.9 Å². The van der Waals surface area contributed by atoms with E-state index >= 15 is 0 Å². The summed E-state index contributed by atoms with van der Waals surface area (Å²) in [7, 11) is 1.71. The molecule has 0 bridgehead atoms. The number of thiophene rings is 1. The fourth-order valence-electron chi connectivity index (χ4n) is 2.76. The maximum Gasteiger partial charge on any atom is 0.119 e. The summed E-state index contributed by atoms with van der Waals surface area (Å²) in [4.78, 5) is 1.45. The van der Waals surface area contributed by atoms with E-state index in [0.717, 1.165) is 29.5 Å². The molecule has 0 saturated carbocycles. The van der Waals surface area contributed by atoms with Crippen LogP contribution in [-0.2, 0) is 12.8 Å². The summed E-state index contributed by atoms with van der Waals surface area (Å²) < 4.78 is 6.16. The van der Waals surface area contributed by atoms with Gasteiger partial charge in [-0.2, -0.15) is 0 Å². The van der Waals surface area contributed by atoms with E-state index in [1.165, 1.54) is 22.4 Å². The summed E-state index contributed by atoms with van der Waals surface area (Å²) >= 11 is 7.81. The molecule has 2 aromatic rings. The molecular formula is C16H18ClNOS. The lowest BCUT2D eigenvalue weighted by Crippen LogP contribution is -2.21. The van der Waals surface area contributed by atoms with Crippen LogP contribution in [0, 0.1) is 0 Å². The van der Waals surface area contributed by atoms with Gasteiger partial charge in [0.2, 0.25) is 0 Å². The van der Waals surface area contributed by atoms with E-state index in [-0.39, 0.29) is 0 Å². The van der Waals surface area contributed by atoms with Crippen molar-refractivity contribution in [3.8, 4) is 5.75 Å². The van der Waals surface area contributed by atoms with Gasteiger partial charge in [-0.05, 0) is 55.1 Å². The Balaban J connectivity index is 1.55. The number of ether oxygens (including phenoxy) is 1. The zero-order valence-electron chi connectivity index (χ0n) is 11.5. The minimum absolute atomic E-state index is 0.472. The predicted octanol–water partition coefficient (Wildman–Crippen LogP) is 4.23. The summed E-state index contributed by atoms with van der Waals surface area (Å²) in [6.07, 6.45) is 3.36. The average molecular weight is 308 g/mol. The van der Waals surface area contributed by atoms with Gasteiger partial charge in [0.15, 0.2) is 0 Å². The Hall–Kier alpha value is -1.03. The Morgan fingerprint density at radius 2 is 2.30 bits per heavy atom. The molecule has 2 nitrogen and oxygen atoms in total. The van der Waals surface area contributed by atoms with E-state index in [9.17, 15) is 0 Å². The second kappa shape index (κ2) is 6.17. The lowest BCUT2D eigenvalue weighted by atomic mass is 10.1. The molecule has 0 aliphatic heterocycles. The van der Waals surface area contributed by atoms with Gasteiger partial charge >= 0.3 is 0 Å². The monoisotopic (exact) mass is 307 g/mol. The van der Waals surface area contributed by atoms with Crippen LogP contribution in [0.2, 0.25) is 4.34 Å². The van der Waals surface area contributed by atoms with E-state index in [0.29, 0.717) is 6.04 Å². The first-order valence-corrected chi connectivity index (χ1v) is 8.10. The molecule has 3 rings (SSSR count). The van der Waals surface area contributed by atoms with Crippen LogP contribution in [0.4, 0.5) is 0 Å². The zero-order valence-corrected chi connectivity index (χ0v) is 13.1. The Labute approximate surface area is 128 Å². The highest BCUT2D eigenvalue weighted by atomic mass is 35.5. The van der Waals surface area contributed by atoms with Crippen LogP contribution < -0.4 is 10.1 Å². The molecule has 1 aromatic carbocycles. The molecule has 0 amide bonds. The van der Waals surface area contributed by atoms with Gasteiger partial charge < -0.3 is 10.1 Å². The number of methoxy groups -OCH3 is 1. The van der Waals surface area contributed by atoms with Crippen molar-refractivity contribution < 1.29 is 4.74 Å². The van der Waals surface area contributed by atoms with E-state index in [1.54, 1.807) is 18.4 Å². The third kappa shape index (κ3) is 3.00. The number of nitrogens with one attached hydrogen (secondary N) is 1. The quantitative estimate of drug-likeness (QED) is 0.892. The number of rotatable bonds is 5. The molecule has 1 aliphatic rings. The standard InChI is InChI=1S/C16H18ClNOS/c1-19-12-4-2-3-11(9-12)7-8-18-14-5-6-15-13(14)10-16(17)20-15/h2-4,9-10,14,18H,5-8H2,1H3. The Morgan fingerprint density at radius 3 is 3.15 bits per heavy atom. The molecule has 106 valence electrons. The highest BCUT2D eigenvalue weighted by Gasteiger charge is 2.24. The highest BCUT2D eigenvalue weighted by Crippen LogP contribution is 2.39. The van der Waals surface area contributed by atoms with E-state index < -0.39 is 0 Å². The first-order chi connectivity index (χ1) is 9.76.